The van der Waals surface area contributed by atoms with Gasteiger partial charge >= 0.3 is 0 Å². The Morgan fingerprint density at radius 2 is 2.00 bits per heavy atom. The molecule has 0 aromatic rings. The smallest absolute Gasteiger partial charge is 0.207 e. The molecule has 76 valence electrons. The Hall–Kier alpha value is 0.330. The molecule has 0 aromatic carbocycles. The normalized spacial score (nSPS) is 20.1. The van der Waals surface area contributed by atoms with E-state index in [1.54, 1.807) is 0 Å². The van der Waals surface area contributed by atoms with Crippen molar-refractivity contribution < 1.29 is 8.42 Å². The van der Waals surface area contributed by atoms with Gasteiger partial charge in [0.25, 0.3) is 9.05 Å². The number of rotatable bonds is 3. The van der Waals surface area contributed by atoms with E-state index in [1.165, 1.54) is 0 Å². The molecule has 1 rings (SSSR count). The first-order chi connectivity index (χ1) is 6.00. The van der Waals surface area contributed by atoms with Gasteiger partial charge in [-0.05, 0) is 36.7 Å². The molecule has 0 N–H and O–H groups in total. The number of thioether (sulfide) groups is 1. The zero-order chi connectivity index (χ0) is 9.90. The Labute approximate surface area is 88.2 Å². The maximum absolute atomic E-state index is 10.9. The van der Waals surface area contributed by atoms with Crippen LogP contribution in [0.3, 0.4) is 0 Å². The summed E-state index contributed by atoms with van der Waals surface area (Å²) in [4.78, 5) is 0.172. The minimum absolute atomic E-state index is 0.172. The Kier molecular flexibility index (Phi) is 4.13. The third-order valence-corrected chi connectivity index (χ3v) is 4.76. The van der Waals surface area contributed by atoms with Crippen molar-refractivity contribution in [1.82, 2.24) is 0 Å². The molecule has 2 nitrogen and oxygen atoms in total. The van der Waals surface area contributed by atoms with E-state index in [4.69, 9.17) is 10.7 Å². The molecular formula is C8H13ClO2S2. The monoisotopic (exact) mass is 240 g/mol. The fourth-order valence-electron chi connectivity index (χ4n) is 1.37. The van der Waals surface area contributed by atoms with E-state index in [-0.39, 0.29) is 4.91 Å². The summed E-state index contributed by atoms with van der Waals surface area (Å²) in [5.41, 5.74) is 0. The highest BCUT2D eigenvalue weighted by Crippen LogP contribution is 2.29. The van der Waals surface area contributed by atoms with Crippen LogP contribution >= 0.6 is 22.4 Å². The molecule has 5 heteroatoms. The van der Waals surface area contributed by atoms with Crippen LogP contribution < -0.4 is 0 Å². The Balaban J connectivity index is 2.44. The van der Waals surface area contributed by atoms with Gasteiger partial charge in [0, 0.05) is 10.7 Å². The van der Waals surface area contributed by atoms with E-state index in [2.05, 4.69) is 6.58 Å². The van der Waals surface area contributed by atoms with Crippen molar-refractivity contribution in [2.75, 3.05) is 11.5 Å². The highest BCUT2D eigenvalue weighted by Gasteiger charge is 2.19. The first-order valence-electron chi connectivity index (χ1n) is 4.20. The predicted octanol–water partition coefficient (Wildman–Crippen LogP) is 2.60. The van der Waals surface area contributed by atoms with E-state index >= 15 is 0 Å². The highest BCUT2D eigenvalue weighted by atomic mass is 35.7. The van der Waals surface area contributed by atoms with Crippen LogP contribution in [0.25, 0.3) is 0 Å². The standard InChI is InChI=1S/C8H13ClO2S2/c1-7(13(9,10)11)6-8-2-4-12-5-3-8/h8H,1-6H2. The minimum Gasteiger partial charge on any atom is -0.207 e. The molecule has 1 heterocycles. The van der Waals surface area contributed by atoms with E-state index in [0.717, 1.165) is 24.3 Å². The molecular weight excluding hydrogens is 228 g/mol. The minimum atomic E-state index is -3.53. The van der Waals surface area contributed by atoms with Gasteiger partial charge in [-0.25, -0.2) is 8.42 Å². The summed E-state index contributed by atoms with van der Waals surface area (Å²) in [6.07, 6.45) is 2.69. The molecule has 0 saturated carbocycles. The van der Waals surface area contributed by atoms with Crippen LogP contribution in [0.4, 0.5) is 0 Å². The Morgan fingerprint density at radius 3 is 2.46 bits per heavy atom. The zero-order valence-electron chi connectivity index (χ0n) is 7.33. The van der Waals surface area contributed by atoms with E-state index < -0.39 is 9.05 Å². The summed E-state index contributed by atoms with van der Waals surface area (Å²) in [7, 11) is 1.64. The van der Waals surface area contributed by atoms with Crippen molar-refractivity contribution in [3.63, 3.8) is 0 Å². The van der Waals surface area contributed by atoms with Crippen LogP contribution in [0.1, 0.15) is 19.3 Å². The first-order valence-corrected chi connectivity index (χ1v) is 7.67. The fourth-order valence-corrected chi connectivity index (χ4v) is 3.20. The van der Waals surface area contributed by atoms with E-state index in [1.807, 2.05) is 11.8 Å². The van der Waals surface area contributed by atoms with E-state index in [0.29, 0.717) is 12.3 Å². The van der Waals surface area contributed by atoms with Crippen LogP contribution in [0.15, 0.2) is 11.5 Å². The molecule has 0 atom stereocenters. The lowest BCUT2D eigenvalue weighted by atomic mass is 9.99. The van der Waals surface area contributed by atoms with Crippen molar-refractivity contribution in [3.05, 3.63) is 11.5 Å². The van der Waals surface area contributed by atoms with Crippen molar-refractivity contribution in [3.8, 4) is 0 Å². The third-order valence-electron chi connectivity index (χ3n) is 2.20. The van der Waals surface area contributed by atoms with Crippen LogP contribution in [-0.4, -0.2) is 19.9 Å². The first kappa shape index (κ1) is 11.4. The van der Waals surface area contributed by atoms with Gasteiger partial charge in [-0.1, -0.05) is 6.58 Å². The lowest BCUT2D eigenvalue weighted by Crippen LogP contribution is -2.11. The van der Waals surface area contributed by atoms with Gasteiger partial charge in [-0.15, -0.1) is 0 Å². The van der Waals surface area contributed by atoms with Crippen LogP contribution in [-0.2, 0) is 9.05 Å². The summed E-state index contributed by atoms with van der Waals surface area (Å²) in [5.74, 6) is 2.71. The SMILES string of the molecule is C=C(CC1CCSCC1)S(=O)(=O)Cl. The van der Waals surface area contributed by atoms with Crippen molar-refractivity contribution in [2.45, 2.75) is 19.3 Å². The lowest BCUT2D eigenvalue weighted by molar-refractivity contribution is 0.491. The van der Waals surface area contributed by atoms with Crippen LogP contribution in [0, 0.1) is 5.92 Å². The second kappa shape index (κ2) is 4.71. The number of hydrogen-bond acceptors (Lipinski definition) is 3. The number of hydrogen-bond donors (Lipinski definition) is 0. The average Bonchev–Trinajstić information content (AvgIpc) is 2.04. The molecule has 1 aliphatic rings. The molecule has 1 aliphatic heterocycles. The predicted molar refractivity (Wildman–Crippen MR) is 58.6 cm³/mol. The largest absolute Gasteiger partial charge is 0.256 e. The van der Waals surface area contributed by atoms with Crippen molar-refractivity contribution >= 4 is 31.5 Å². The highest BCUT2D eigenvalue weighted by molar-refractivity contribution is 8.16. The van der Waals surface area contributed by atoms with E-state index in [9.17, 15) is 8.42 Å². The molecule has 1 fully saturated rings. The van der Waals surface area contributed by atoms with Crippen LogP contribution in [0.5, 0.6) is 0 Å². The summed E-state index contributed by atoms with van der Waals surface area (Å²) in [6, 6.07) is 0. The van der Waals surface area contributed by atoms with Gasteiger partial charge in [-0.3, -0.25) is 0 Å². The third kappa shape index (κ3) is 3.92. The second-order valence-corrected chi connectivity index (χ2v) is 7.13. The molecule has 0 spiro atoms. The quantitative estimate of drug-likeness (QED) is 0.712. The zero-order valence-corrected chi connectivity index (χ0v) is 9.72. The molecule has 1 saturated heterocycles. The number of halogens is 1. The molecule has 0 bridgehead atoms. The summed E-state index contributed by atoms with van der Waals surface area (Å²) in [5, 5.41) is 0. The summed E-state index contributed by atoms with van der Waals surface area (Å²) < 4.78 is 21.7. The summed E-state index contributed by atoms with van der Waals surface area (Å²) >= 11 is 1.92. The van der Waals surface area contributed by atoms with Crippen molar-refractivity contribution in [1.29, 1.82) is 0 Å². The van der Waals surface area contributed by atoms with Crippen molar-refractivity contribution in [2.24, 2.45) is 5.92 Å². The van der Waals surface area contributed by atoms with Crippen LogP contribution in [0.2, 0.25) is 0 Å². The molecule has 0 aromatic heterocycles. The topological polar surface area (TPSA) is 34.1 Å². The van der Waals surface area contributed by atoms with Gasteiger partial charge in [0.2, 0.25) is 0 Å². The molecule has 0 amide bonds. The Morgan fingerprint density at radius 1 is 1.46 bits per heavy atom. The summed E-state index contributed by atoms with van der Waals surface area (Å²) in [6.45, 7) is 3.49. The molecule has 0 radical (unpaired) electrons. The Bertz CT molecular complexity index is 279. The number of allylic oxidation sites excluding steroid dienone is 1. The van der Waals surface area contributed by atoms with Gasteiger partial charge < -0.3 is 0 Å². The maximum atomic E-state index is 10.9. The lowest BCUT2D eigenvalue weighted by Gasteiger charge is -2.20. The fraction of sp³-hybridized carbons (Fsp3) is 0.750. The van der Waals surface area contributed by atoms with Gasteiger partial charge in [0.1, 0.15) is 0 Å². The molecule has 13 heavy (non-hydrogen) atoms. The molecule has 0 aliphatic carbocycles. The average molecular weight is 241 g/mol. The van der Waals surface area contributed by atoms with Gasteiger partial charge in [-0.2, -0.15) is 11.8 Å². The maximum Gasteiger partial charge on any atom is 0.256 e. The van der Waals surface area contributed by atoms with Gasteiger partial charge in [0.15, 0.2) is 0 Å². The van der Waals surface area contributed by atoms with Gasteiger partial charge in [0.05, 0.1) is 4.91 Å². The molecule has 0 unspecified atom stereocenters. The second-order valence-electron chi connectivity index (χ2n) is 3.24.